The Hall–Kier alpha value is -5.45. The molecule has 0 aliphatic rings. The second kappa shape index (κ2) is 17.3. The lowest BCUT2D eigenvalue weighted by atomic mass is 9.86. The molecule has 0 spiro atoms. The van der Waals surface area contributed by atoms with Gasteiger partial charge in [-0.1, -0.05) is 163 Å². The molecular weight excluding hydrogens is 669 g/mol. The second-order valence-electron chi connectivity index (χ2n) is 16.7. The van der Waals surface area contributed by atoms with Gasteiger partial charge < -0.3 is 15.5 Å². The summed E-state index contributed by atoms with van der Waals surface area (Å²) < 4.78 is 0. The minimum Gasteiger partial charge on any atom is -0.340 e. The van der Waals surface area contributed by atoms with Crippen LogP contribution in [-0.2, 0) is 30.2 Å². The van der Waals surface area contributed by atoms with Crippen LogP contribution < -0.4 is 10.6 Å². The third kappa shape index (κ3) is 10.2. The van der Waals surface area contributed by atoms with Crippen LogP contribution in [0.3, 0.4) is 0 Å². The summed E-state index contributed by atoms with van der Waals surface area (Å²) in [4.78, 5) is 9.54. The van der Waals surface area contributed by atoms with Crippen molar-refractivity contribution < 1.29 is 0 Å². The summed E-state index contributed by atoms with van der Waals surface area (Å²) in [6.07, 6.45) is 2.78. The fraction of sp³-hybridized carbons (Fsp3) is 0.275. The number of nitrogens with two attached hydrogens (primary N) is 1. The summed E-state index contributed by atoms with van der Waals surface area (Å²) in [5, 5.41) is 0. The van der Waals surface area contributed by atoms with Crippen LogP contribution in [-0.4, -0.2) is 17.8 Å². The minimum atomic E-state index is -0.308. The highest BCUT2D eigenvalue weighted by Crippen LogP contribution is 2.37. The fourth-order valence-corrected chi connectivity index (χ4v) is 6.96. The van der Waals surface area contributed by atoms with Crippen molar-refractivity contribution in [2.45, 2.75) is 84.3 Å². The van der Waals surface area contributed by atoms with E-state index < -0.39 is 0 Å². The van der Waals surface area contributed by atoms with E-state index in [1.807, 2.05) is 31.3 Å². The largest absolute Gasteiger partial charge is 0.340 e. The normalized spacial score (nSPS) is 12.7. The molecule has 1 unspecified atom stereocenters. The first kappa shape index (κ1) is 39.2. The molecular formula is C51H58N4. The van der Waals surface area contributed by atoms with E-state index in [-0.39, 0.29) is 17.0 Å². The van der Waals surface area contributed by atoms with Gasteiger partial charge in [-0.2, -0.15) is 0 Å². The first-order chi connectivity index (χ1) is 26.4. The number of anilines is 3. The maximum atomic E-state index is 6.76. The summed E-state index contributed by atoms with van der Waals surface area (Å²) in [6.45, 7) is 14.2. The summed E-state index contributed by atoms with van der Waals surface area (Å²) in [5.41, 5.74) is 19.1. The van der Waals surface area contributed by atoms with Gasteiger partial charge in [0.05, 0.1) is 6.54 Å². The van der Waals surface area contributed by atoms with E-state index in [4.69, 9.17) is 10.7 Å². The molecule has 0 saturated carbocycles. The Kier molecular flexibility index (Phi) is 12.4. The number of amidine groups is 1. The maximum absolute atomic E-state index is 6.76. The molecule has 0 radical (unpaired) electrons. The van der Waals surface area contributed by atoms with Gasteiger partial charge in [0, 0.05) is 29.7 Å². The zero-order valence-electron chi connectivity index (χ0n) is 33.8. The predicted molar refractivity (Wildman–Crippen MR) is 235 cm³/mol. The molecule has 0 amide bonds. The Morgan fingerprint density at radius 2 is 0.945 bits per heavy atom. The van der Waals surface area contributed by atoms with Crippen LogP contribution in [0, 0.1) is 0 Å². The summed E-state index contributed by atoms with van der Waals surface area (Å²) >= 11 is 0. The molecule has 6 rings (SSSR count). The molecule has 6 aromatic rings. The maximum Gasteiger partial charge on any atom is 0.132 e. The lowest BCUT2D eigenvalue weighted by Crippen LogP contribution is -2.37. The molecule has 0 saturated heterocycles. The van der Waals surface area contributed by atoms with E-state index in [0.29, 0.717) is 6.54 Å². The number of nitrogens with zero attached hydrogens (tertiary/aromatic N) is 3. The molecule has 0 fully saturated rings. The molecule has 282 valence electrons. The van der Waals surface area contributed by atoms with Crippen molar-refractivity contribution in [1.82, 2.24) is 4.90 Å². The molecule has 0 bridgehead atoms. The SMILES string of the molecule is CN(C(=NCc1ccccc1)c1ccc(CCCc2ccc(N(c3ccc(C(C)(C)C)cc3)c3ccc(C(C)(C)C)cc3)cc2)cc1)C(N)c1ccccc1. The Labute approximate surface area is 330 Å². The van der Waals surface area contributed by atoms with Crippen molar-refractivity contribution in [1.29, 1.82) is 0 Å². The van der Waals surface area contributed by atoms with Gasteiger partial charge in [0.15, 0.2) is 0 Å². The third-order valence-corrected chi connectivity index (χ3v) is 10.5. The highest BCUT2D eigenvalue weighted by Gasteiger charge is 2.20. The van der Waals surface area contributed by atoms with Gasteiger partial charge in [-0.15, -0.1) is 0 Å². The fourth-order valence-electron chi connectivity index (χ4n) is 6.96. The highest BCUT2D eigenvalue weighted by atomic mass is 15.2. The average Bonchev–Trinajstić information content (AvgIpc) is 3.19. The zero-order chi connectivity index (χ0) is 39.0. The van der Waals surface area contributed by atoms with E-state index in [1.54, 1.807) is 0 Å². The molecule has 4 nitrogen and oxygen atoms in total. The Morgan fingerprint density at radius 1 is 0.527 bits per heavy atom. The number of rotatable bonds is 12. The van der Waals surface area contributed by atoms with E-state index in [1.165, 1.54) is 27.8 Å². The monoisotopic (exact) mass is 726 g/mol. The minimum absolute atomic E-state index is 0.106. The molecule has 0 aromatic heterocycles. The quantitative estimate of drug-likeness (QED) is 0.0776. The van der Waals surface area contributed by atoms with E-state index >= 15 is 0 Å². The number of aryl methyl sites for hydroxylation is 2. The van der Waals surface area contributed by atoms with Gasteiger partial charge in [0.2, 0.25) is 0 Å². The molecule has 55 heavy (non-hydrogen) atoms. The van der Waals surface area contributed by atoms with Gasteiger partial charge in [0.25, 0.3) is 0 Å². The van der Waals surface area contributed by atoms with Gasteiger partial charge in [-0.25, -0.2) is 0 Å². The molecule has 1 atom stereocenters. The van der Waals surface area contributed by atoms with Crippen LogP contribution in [0.15, 0.2) is 163 Å². The van der Waals surface area contributed by atoms with Gasteiger partial charge in [-0.05, 0) is 99.9 Å². The first-order valence-corrected chi connectivity index (χ1v) is 19.7. The molecule has 0 heterocycles. The van der Waals surface area contributed by atoms with Crippen molar-refractivity contribution in [3.8, 4) is 0 Å². The van der Waals surface area contributed by atoms with Crippen LogP contribution in [0.2, 0.25) is 0 Å². The van der Waals surface area contributed by atoms with Gasteiger partial charge in [-0.3, -0.25) is 4.99 Å². The predicted octanol–water partition coefficient (Wildman–Crippen LogP) is 12.5. The molecule has 2 N–H and O–H groups in total. The van der Waals surface area contributed by atoms with Crippen LogP contribution in [0.4, 0.5) is 17.1 Å². The van der Waals surface area contributed by atoms with Gasteiger partial charge in [0.1, 0.15) is 12.0 Å². The van der Waals surface area contributed by atoms with E-state index in [0.717, 1.165) is 53.3 Å². The Balaban J connectivity index is 1.15. The van der Waals surface area contributed by atoms with Crippen molar-refractivity contribution >= 4 is 22.9 Å². The lowest BCUT2D eigenvalue weighted by Gasteiger charge is -2.29. The van der Waals surface area contributed by atoms with Crippen molar-refractivity contribution in [3.63, 3.8) is 0 Å². The van der Waals surface area contributed by atoms with Crippen molar-refractivity contribution in [2.24, 2.45) is 10.7 Å². The van der Waals surface area contributed by atoms with Crippen LogP contribution >= 0.6 is 0 Å². The number of benzene rings is 6. The molecule has 0 aliphatic heterocycles. The summed E-state index contributed by atoms with van der Waals surface area (Å²) in [6, 6.07) is 56.7. The summed E-state index contributed by atoms with van der Waals surface area (Å²) in [5.74, 6) is 0.885. The lowest BCUT2D eigenvalue weighted by molar-refractivity contribution is 0.384. The van der Waals surface area contributed by atoms with E-state index in [2.05, 4.69) is 185 Å². The van der Waals surface area contributed by atoms with Crippen LogP contribution in [0.25, 0.3) is 0 Å². The molecule has 6 aromatic carbocycles. The smallest absolute Gasteiger partial charge is 0.132 e. The Bertz CT molecular complexity index is 2050. The topological polar surface area (TPSA) is 44.9 Å². The molecule has 4 heteroatoms. The number of hydrogen-bond donors (Lipinski definition) is 1. The average molecular weight is 727 g/mol. The number of aliphatic imine (C=N–C) groups is 1. The first-order valence-electron chi connectivity index (χ1n) is 19.7. The van der Waals surface area contributed by atoms with E-state index in [9.17, 15) is 0 Å². The van der Waals surface area contributed by atoms with Crippen LogP contribution in [0.1, 0.15) is 93.1 Å². The standard InChI is InChI=1S/C51H58N4/c1-50(2,3)43-27-33-46(34-28-43)55(47-35-29-44(30-36-47)51(4,5)6)45-31-23-39(24-32-45)18-14-17-38-21-25-42(26-22-38)49(53-37-40-15-10-8-11-16-40)54(7)48(52)41-19-12-9-13-20-41/h8-13,15-16,19-36,48H,14,17-18,37,52H2,1-7H3. The van der Waals surface area contributed by atoms with Crippen molar-refractivity contribution in [2.75, 3.05) is 11.9 Å². The summed E-state index contributed by atoms with van der Waals surface area (Å²) in [7, 11) is 2.03. The third-order valence-electron chi connectivity index (χ3n) is 10.5. The number of hydrogen-bond acceptors (Lipinski definition) is 3. The molecule has 0 aliphatic carbocycles. The van der Waals surface area contributed by atoms with Crippen LogP contribution in [0.5, 0.6) is 0 Å². The zero-order valence-corrected chi connectivity index (χ0v) is 33.8. The van der Waals surface area contributed by atoms with Gasteiger partial charge >= 0.3 is 0 Å². The highest BCUT2D eigenvalue weighted by molar-refractivity contribution is 5.99. The Morgan fingerprint density at radius 3 is 1.40 bits per heavy atom. The second-order valence-corrected chi connectivity index (χ2v) is 16.7. The van der Waals surface area contributed by atoms with Crippen molar-refractivity contribution in [3.05, 3.63) is 197 Å².